The molecular weight excluding hydrogens is 428 g/mol. The van der Waals surface area contributed by atoms with Crippen LogP contribution in [0.4, 0.5) is 5.69 Å². The summed E-state index contributed by atoms with van der Waals surface area (Å²) in [6.45, 7) is 2.27. The number of amides is 2. The van der Waals surface area contributed by atoms with Crippen LogP contribution in [0.25, 0.3) is 6.08 Å². The van der Waals surface area contributed by atoms with Gasteiger partial charge in [0, 0.05) is 6.07 Å². The highest BCUT2D eigenvalue weighted by molar-refractivity contribution is 7.80. The molecule has 30 heavy (non-hydrogen) atoms. The molecule has 1 aliphatic rings. The third-order valence-corrected chi connectivity index (χ3v) is 4.93. The Morgan fingerprint density at radius 3 is 2.40 bits per heavy atom. The molecule has 3 rings (SSSR count). The van der Waals surface area contributed by atoms with E-state index < -0.39 is 11.8 Å². The highest BCUT2D eigenvalue weighted by Gasteiger charge is 2.34. The first kappa shape index (κ1) is 21.6. The average Bonchev–Trinajstić information content (AvgIpc) is 2.73. The first-order chi connectivity index (χ1) is 14.4. The summed E-state index contributed by atoms with van der Waals surface area (Å²) in [5.41, 5.74) is 0.803. The Bertz CT molecular complexity index is 1040. The van der Waals surface area contributed by atoms with Gasteiger partial charge in [-0.25, -0.2) is 0 Å². The lowest BCUT2D eigenvalue weighted by molar-refractivity contribution is -0.122. The number of hydrogen-bond donors (Lipinski definition) is 1. The number of halogens is 1. The van der Waals surface area contributed by atoms with Crippen LogP contribution in [0.2, 0.25) is 5.02 Å². The molecule has 1 fully saturated rings. The largest absolute Gasteiger partial charge is 0.497 e. The van der Waals surface area contributed by atoms with Crippen molar-refractivity contribution in [1.82, 2.24) is 5.32 Å². The van der Waals surface area contributed by atoms with Gasteiger partial charge < -0.3 is 14.2 Å². The van der Waals surface area contributed by atoms with Crippen LogP contribution in [-0.2, 0) is 9.59 Å². The van der Waals surface area contributed by atoms with Gasteiger partial charge in [-0.1, -0.05) is 11.6 Å². The highest BCUT2D eigenvalue weighted by atomic mass is 35.5. The standard InChI is InChI=1S/C21H19ClN2O5S/c1-4-29-18-11-16(22)12(10-17(18)28-3)9-15-19(25)23-21(30)24(20(15)26)13-5-7-14(27-2)8-6-13/h5-11H,4H2,1-3H3,(H,23,25,30)/b15-9-. The Morgan fingerprint density at radius 2 is 1.80 bits per heavy atom. The zero-order chi connectivity index (χ0) is 21.8. The lowest BCUT2D eigenvalue weighted by Gasteiger charge is -2.29. The third kappa shape index (κ3) is 4.24. The first-order valence-corrected chi connectivity index (χ1v) is 9.74. The molecule has 0 saturated carbocycles. The van der Waals surface area contributed by atoms with E-state index in [0.29, 0.717) is 40.1 Å². The Morgan fingerprint density at radius 1 is 1.10 bits per heavy atom. The fourth-order valence-corrected chi connectivity index (χ4v) is 3.36. The molecular formula is C21H19ClN2O5S. The van der Waals surface area contributed by atoms with Gasteiger partial charge in [0.25, 0.3) is 11.8 Å². The van der Waals surface area contributed by atoms with E-state index in [2.05, 4.69) is 5.32 Å². The molecule has 0 bridgehead atoms. The number of anilines is 1. The molecule has 1 heterocycles. The zero-order valence-electron chi connectivity index (χ0n) is 16.5. The summed E-state index contributed by atoms with van der Waals surface area (Å²) in [6, 6.07) is 9.91. The van der Waals surface area contributed by atoms with Gasteiger partial charge in [-0.3, -0.25) is 19.8 Å². The van der Waals surface area contributed by atoms with Crippen molar-refractivity contribution in [3.05, 3.63) is 52.6 Å². The summed E-state index contributed by atoms with van der Waals surface area (Å²) < 4.78 is 16.0. The minimum atomic E-state index is -0.612. The van der Waals surface area contributed by atoms with Crippen molar-refractivity contribution in [1.29, 1.82) is 0 Å². The molecule has 1 aliphatic heterocycles. The summed E-state index contributed by atoms with van der Waals surface area (Å²) in [4.78, 5) is 26.9. The van der Waals surface area contributed by atoms with Crippen molar-refractivity contribution < 1.29 is 23.8 Å². The van der Waals surface area contributed by atoms with Gasteiger partial charge in [-0.05, 0) is 61.1 Å². The van der Waals surface area contributed by atoms with Gasteiger partial charge in [0.2, 0.25) is 0 Å². The number of carbonyl (C=O) groups excluding carboxylic acids is 2. The minimum absolute atomic E-state index is 0.0114. The third-order valence-electron chi connectivity index (χ3n) is 4.31. The SMILES string of the molecule is CCOc1cc(Cl)c(/C=C2/C(=O)NC(=S)N(c3ccc(OC)cc3)C2=O)cc1OC. The van der Waals surface area contributed by atoms with Gasteiger partial charge in [-0.15, -0.1) is 0 Å². The van der Waals surface area contributed by atoms with E-state index in [0.717, 1.165) is 0 Å². The van der Waals surface area contributed by atoms with Crippen molar-refractivity contribution in [3.8, 4) is 17.2 Å². The topological polar surface area (TPSA) is 77.1 Å². The monoisotopic (exact) mass is 446 g/mol. The number of benzene rings is 2. The van der Waals surface area contributed by atoms with Crippen LogP contribution < -0.4 is 24.4 Å². The molecule has 2 aromatic rings. The molecule has 0 spiro atoms. The molecule has 0 radical (unpaired) electrons. The predicted octanol–water partition coefficient (Wildman–Crippen LogP) is 3.59. The van der Waals surface area contributed by atoms with Gasteiger partial charge in [-0.2, -0.15) is 0 Å². The van der Waals surface area contributed by atoms with E-state index in [1.54, 1.807) is 43.5 Å². The normalized spacial score (nSPS) is 15.3. The van der Waals surface area contributed by atoms with Gasteiger partial charge in [0.15, 0.2) is 16.6 Å². The maximum Gasteiger partial charge on any atom is 0.270 e. The Kier molecular flexibility index (Phi) is 6.59. The van der Waals surface area contributed by atoms with Crippen molar-refractivity contribution in [2.45, 2.75) is 6.92 Å². The zero-order valence-corrected chi connectivity index (χ0v) is 18.1. The maximum atomic E-state index is 13.1. The number of nitrogens with one attached hydrogen (secondary N) is 1. The van der Waals surface area contributed by atoms with E-state index in [1.807, 2.05) is 6.92 Å². The smallest absolute Gasteiger partial charge is 0.270 e. The van der Waals surface area contributed by atoms with Gasteiger partial charge in [0.1, 0.15) is 11.3 Å². The second-order valence-corrected chi connectivity index (χ2v) is 6.91. The molecule has 2 aromatic carbocycles. The number of methoxy groups -OCH3 is 2. The molecule has 1 saturated heterocycles. The van der Waals surface area contributed by atoms with Crippen molar-refractivity contribution in [2.75, 3.05) is 25.7 Å². The molecule has 0 aromatic heterocycles. The summed E-state index contributed by atoms with van der Waals surface area (Å²) in [6.07, 6.45) is 1.40. The number of ether oxygens (including phenoxy) is 3. The lowest BCUT2D eigenvalue weighted by atomic mass is 10.1. The number of carbonyl (C=O) groups is 2. The first-order valence-electron chi connectivity index (χ1n) is 8.95. The lowest BCUT2D eigenvalue weighted by Crippen LogP contribution is -2.54. The molecule has 0 unspecified atom stereocenters. The van der Waals surface area contributed by atoms with Crippen LogP contribution in [0.5, 0.6) is 17.2 Å². The van der Waals surface area contributed by atoms with E-state index >= 15 is 0 Å². The molecule has 0 atom stereocenters. The van der Waals surface area contributed by atoms with Gasteiger partial charge in [0.05, 0.1) is 31.5 Å². The van der Waals surface area contributed by atoms with Crippen LogP contribution in [0, 0.1) is 0 Å². The van der Waals surface area contributed by atoms with Crippen LogP contribution in [0.15, 0.2) is 42.0 Å². The molecule has 7 nitrogen and oxygen atoms in total. The van der Waals surface area contributed by atoms with E-state index in [-0.39, 0.29) is 10.7 Å². The van der Waals surface area contributed by atoms with Crippen LogP contribution in [0.3, 0.4) is 0 Å². The van der Waals surface area contributed by atoms with Crippen LogP contribution in [-0.4, -0.2) is 37.8 Å². The highest BCUT2D eigenvalue weighted by Crippen LogP contribution is 2.35. The Balaban J connectivity index is 2.02. The molecule has 1 N–H and O–H groups in total. The summed E-state index contributed by atoms with van der Waals surface area (Å²) in [5.74, 6) is 0.339. The van der Waals surface area contributed by atoms with Crippen LogP contribution in [0.1, 0.15) is 12.5 Å². The Hall–Kier alpha value is -3.10. The van der Waals surface area contributed by atoms with Crippen LogP contribution >= 0.6 is 23.8 Å². The van der Waals surface area contributed by atoms with E-state index in [9.17, 15) is 9.59 Å². The second kappa shape index (κ2) is 9.15. The number of rotatable bonds is 6. The van der Waals surface area contributed by atoms with Crippen molar-refractivity contribution in [3.63, 3.8) is 0 Å². The molecule has 2 amide bonds. The predicted molar refractivity (Wildman–Crippen MR) is 118 cm³/mol. The summed E-state index contributed by atoms with van der Waals surface area (Å²) >= 11 is 11.6. The number of hydrogen-bond acceptors (Lipinski definition) is 6. The van der Waals surface area contributed by atoms with Crippen molar-refractivity contribution >= 4 is 52.5 Å². The number of thiocarbonyl (C=S) groups is 1. The van der Waals surface area contributed by atoms with E-state index in [4.69, 9.17) is 38.0 Å². The second-order valence-electron chi connectivity index (χ2n) is 6.11. The molecule has 0 aliphatic carbocycles. The quantitative estimate of drug-likeness (QED) is 0.415. The number of nitrogens with zero attached hydrogens (tertiary/aromatic N) is 1. The molecule has 9 heteroatoms. The van der Waals surface area contributed by atoms with Gasteiger partial charge >= 0.3 is 0 Å². The minimum Gasteiger partial charge on any atom is -0.497 e. The maximum absolute atomic E-state index is 13.1. The average molecular weight is 447 g/mol. The van der Waals surface area contributed by atoms with E-state index in [1.165, 1.54) is 18.1 Å². The molecule has 156 valence electrons. The van der Waals surface area contributed by atoms with Crippen molar-refractivity contribution in [2.24, 2.45) is 0 Å². The fraction of sp³-hybridized carbons (Fsp3) is 0.190. The fourth-order valence-electron chi connectivity index (χ4n) is 2.87. The summed E-state index contributed by atoms with van der Waals surface area (Å²) in [7, 11) is 3.03. The summed E-state index contributed by atoms with van der Waals surface area (Å²) in [5, 5.41) is 2.83. The Labute approximate surface area is 184 Å².